The number of hydrogen-bond donors (Lipinski definition) is 3. The Morgan fingerprint density at radius 1 is 1.19 bits per heavy atom. The molecule has 1 amide bonds. The fourth-order valence-electron chi connectivity index (χ4n) is 3.13. The number of hydrogen-bond acceptors (Lipinski definition) is 4. The van der Waals surface area contributed by atoms with Gasteiger partial charge >= 0.3 is 5.97 Å². The van der Waals surface area contributed by atoms with Crippen LogP contribution in [0.15, 0.2) is 24.3 Å². The summed E-state index contributed by atoms with van der Waals surface area (Å²) in [4.78, 5) is 27.2. The maximum atomic E-state index is 12.2. The van der Waals surface area contributed by atoms with E-state index < -0.39 is 18.0 Å². The van der Waals surface area contributed by atoms with Gasteiger partial charge in [-0.05, 0) is 56.4 Å². The van der Waals surface area contributed by atoms with Gasteiger partial charge in [0.2, 0.25) is 0 Å². The summed E-state index contributed by atoms with van der Waals surface area (Å²) in [6.45, 7) is 9.06. The van der Waals surface area contributed by atoms with Crippen LogP contribution >= 0.6 is 0 Å². The minimum atomic E-state index is -0.690. The van der Waals surface area contributed by atoms with Crippen molar-refractivity contribution in [2.24, 2.45) is 0 Å². The van der Waals surface area contributed by atoms with Gasteiger partial charge in [-0.2, -0.15) is 0 Å². The lowest BCUT2D eigenvalue weighted by molar-refractivity contribution is -0.119. The lowest BCUT2D eigenvalue weighted by Gasteiger charge is -2.11. The summed E-state index contributed by atoms with van der Waals surface area (Å²) >= 11 is 0. The minimum absolute atomic E-state index is 0.258. The molecular weight excluding hydrogens is 344 g/mol. The van der Waals surface area contributed by atoms with E-state index in [1.54, 1.807) is 20.8 Å². The Kier molecular flexibility index (Phi) is 6.80. The number of aliphatic hydroxyl groups excluding tert-OH is 1. The van der Waals surface area contributed by atoms with Gasteiger partial charge < -0.3 is 20.1 Å². The van der Waals surface area contributed by atoms with E-state index >= 15 is 0 Å². The van der Waals surface area contributed by atoms with E-state index in [4.69, 9.17) is 4.74 Å². The van der Waals surface area contributed by atoms with Crippen LogP contribution in [0, 0.1) is 13.8 Å². The molecule has 0 saturated carbocycles. The van der Waals surface area contributed by atoms with Gasteiger partial charge in [-0.25, -0.2) is 4.79 Å². The number of ether oxygens (including phenoxy) is 1. The first kappa shape index (κ1) is 20.7. The number of carbonyl (C=O) groups excluding carboxylic acids is 2. The van der Waals surface area contributed by atoms with Crippen LogP contribution in [0.2, 0.25) is 0 Å². The molecule has 27 heavy (non-hydrogen) atoms. The molecule has 1 aromatic heterocycles. The molecule has 2 aromatic rings. The predicted octanol–water partition coefficient (Wildman–Crippen LogP) is 3.99. The average Bonchev–Trinajstić information content (AvgIpc) is 2.94. The van der Waals surface area contributed by atoms with Crippen molar-refractivity contribution < 1.29 is 19.4 Å². The molecule has 0 unspecified atom stereocenters. The second-order valence-electron chi connectivity index (χ2n) is 6.90. The summed E-state index contributed by atoms with van der Waals surface area (Å²) in [6.07, 6.45) is 0.361. The van der Waals surface area contributed by atoms with E-state index in [2.05, 4.69) is 24.1 Å². The maximum Gasteiger partial charge on any atom is 0.355 e. The van der Waals surface area contributed by atoms with E-state index in [1.165, 1.54) is 5.56 Å². The molecule has 0 radical (unpaired) electrons. The number of aromatic nitrogens is 1. The van der Waals surface area contributed by atoms with Crippen molar-refractivity contribution in [3.63, 3.8) is 0 Å². The van der Waals surface area contributed by atoms with Crippen LogP contribution < -0.4 is 5.32 Å². The Labute approximate surface area is 159 Å². The maximum absolute atomic E-state index is 12.2. The highest BCUT2D eigenvalue weighted by Gasteiger charge is 2.21. The predicted molar refractivity (Wildman–Crippen MR) is 105 cm³/mol. The van der Waals surface area contributed by atoms with E-state index in [9.17, 15) is 14.7 Å². The lowest BCUT2D eigenvalue weighted by Crippen LogP contribution is -2.21. The van der Waals surface area contributed by atoms with Crippen LogP contribution in [0.3, 0.4) is 0 Å². The van der Waals surface area contributed by atoms with Crippen molar-refractivity contribution in [2.45, 2.75) is 53.1 Å². The molecule has 2 atom stereocenters. The second kappa shape index (κ2) is 8.86. The Bertz CT molecular complexity index is 806. The average molecular weight is 372 g/mol. The van der Waals surface area contributed by atoms with Crippen LogP contribution in [0.5, 0.6) is 0 Å². The number of aliphatic hydroxyl groups is 1. The Morgan fingerprint density at radius 2 is 1.81 bits per heavy atom. The molecule has 0 aliphatic carbocycles. The topological polar surface area (TPSA) is 91.4 Å². The van der Waals surface area contributed by atoms with E-state index in [1.807, 2.05) is 24.3 Å². The highest BCUT2D eigenvalue weighted by Crippen LogP contribution is 2.25. The van der Waals surface area contributed by atoms with E-state index in [0.717, 1.165) is 6.42 Å². The number of H-pyrrole nitrogens is 1. The molecule has 146 valence electrons. The SMILES string of the molecule is CC[C@@H](C)c1ccc(NC(=O)COC(=O)c2[nH]c(C)c([C@@H](C)O)c2C)cc1. The first-order chi connectivity index (χ1) is 12.7. The summed E-state index contributed by atoms with van der Waals surface area (Å²) in [6, 6.07) is 7.65. The van der Waals surface area contributed by atoms with Gasteiger partial charge in [0.05, 0.1) is 6.10 Å². The molecule has 0 aliphatic heterocycles. The van der Waals surface area contributed by atoms with Crippen molar-refractivity contribution in [1.29, 1.82) is 0 Å². The summed E-state index contributed by atoms with van der Waals surface area (Å²) in [7, 11) is 0. The monoisotopic (exact) mass is 372 g/mol. The van der Waals surface area contributed by atoms with Gasteiger partial charge in [0, 0.05) is 16.9 Å². The number of benzene rings is 1. The second-order valence-corrected chi connectivity index (χ2v) is 6.90. The standard InChI is InChI=1S/C21H28N2O4/c1-6-12(2)16-7-9-17(10-8-16)23-18(25)11-27-21(26)20-13(3)19(15(5)24)14(4)22-20/h7-10,12,15,22,24H,6,11H2,1-5H3,(H,23,25)/t12-,15-/m1/s1. The van der Waals surface area contributed by atoms with Crippen molar-refractivity contribution >= 4 is 17.6 Å². The molecule has 1 heterocycles. The minimum Gasteiger partial charge on any atom is -0.451 e. The largest absolute Gasteiger partial charge is 0.451 e. The van der Waals surface area contributed by atoms with Crippen LogP contribution in [-0.2, 0) is 9.53 Å². The van der Waals surface area contributed by atoms with Gasteiger partial charge in [0.15, 0.2) is 6.61 Å². The number of aryl methyl sites for hydroxylation is 1. The third kappa shape index (κ3) is 4.98. The van der Waals surface area contributed by atoms with Gasteiger partial charge in [0.1, 0.15) is 5.69 Å². The molecule has 0 bridgehead atoms. The summed E-state index contributed by atoms with van der Waals surface area (Å²) in [5, 5.41) is 12.5. The van der Waals surface area contributed by atoms with Crippen LogP contribution in [0.4, 0.5) is 5.69 Å². The first-order valence-electron chi connectivity index (χ1n) is 9.18. The highest BCUT2D eigenvalue weighted by molar-refractivity contribution is 5.95. The van der Waals surface area contributed by atoms with E-state index in [0.29, 0.717) is 28.4 Å². The first-order valence-corrected chi connectivity index (χ1v) is 9.18. The fraction of sp³-hybridized carbons (Fsp3) is 0.429. The lowest BCUT2D eigenvalue weighted by atomic mass is 9.99. The number of esters is 1. The molecule has 6 heteroatoms. The van der Waals surface area contributed by atoms with Crippen molar-refractivity contribution in [3.8, 4) is 0 Å². The molecule has 2 rings (SSSR count). The normalized spacial score (nSPS) is 13.1. The zero-order chi connectivity index (χ0) is 20.1. The molecule has 0 saturated heterocycles. The number of nitrogens with one attached hydrogen (secondary N) is 2. The third-order valence-corrected chi connectivity index (χ3v) is 4.83. The fourth-order valence-corrected chi connectivity index (χ4v) is 3.13. The van der Waals surface area contributed by atoms with Gasteiger partial charge in [-0.3, -0.25) is 4.79 Å². The number of amides is 1. The van der Waals surface area contributed by atoms with Gasteiger partial charge in [0.25, 0.3) is 5.91 Å². The number of aromatic amines is 1. The van der Waals surface area contributed by atoms with Gasteiger partial charge in [-0.15, -0.1) is 0 Å². The molecule has 1 aromatic carbocycles. The number of carbonyl (C=O) groups is 2. The van der Waals surface area contributed by atoms with Crippen LogP contribution in [0.25, 0.3) is 0 Å². The Morgan fingerprint density at radius 3 is 2.33 bits per heavy atom. The molecule has 0 aliphatic rings. The zero-order valence-electron chi connectivity index (χ0n) is 16.6. The van der Waals surface area contributed by atoms with Crippen LogP contribution in [0.1, 0.15) is 72.1 Å². The van der Waals surface area contributed by atoms with Crippen molar-refractivity contribution in [1.82, 2.24) is 4.98 Å². The third-order valence-electron chi connectivity index (χ3n) is 4.83. The molecule has 0 fully saturated rings. The molecule has 6 nitrogen and oxygen atoms in total. The molecule has 0 spiro atoms. The summed E-state index contributed by atoms with van der Waals surface area (Å²) < 4.78 is 5.11. The summed E-state index contributed by atoms with van der Waals surface area (Å²) in [5.74, 6) is -0.559. The van der Waals surface area contributed by atoms with Gasteiger partial charge in [-0.1, -0.05) is 26.0 Å². The molecular formula is C21H28N2O4. The molecule has 3 N–H and O–H groups in total. The zero-order valence-corrected chi connectivity index (χ0v) is 16.6. The quantitative estimate of drug-likeness (QED) is 0.641. The van der Waals surface area contributed by atoms with Crippen molar-refractivity contribution in [3.05, 3.63) is 52.3 Å². The highest BCUT2D eigenvalue weighted by atomic mass is 16.5. The Balaban J connectivity index is 1.94. The summed E-state index contributed by atoms with van der Waals surface area (Å²) in [5.41, 5.74) is 4.15. The smallest absolute Gasteiger partial charge is 0.355 e. The number of anilines is 1. The van der Waals surface area contributed by atoms with Crippen LogP contribution in [-0.4, -0.2) is 28.6 Å². The Hall–Kier alpha value is -2.60. The van der Waals surface area contributed by atoms with E-state index in [-0.39, 0.29) is 12.3 Å². The number of rotatable bonds is 7. The van der Waals surface area contributed by atoms with Crippen molar-refractivity contribution in [2.75, 3.05) is 11.9 Å².